The van der Waals surface area contributed by atoms with Crippen molar-refractivity contribution in [3.05, 3.63) is 101 Å². The van der Waals surface area contributed by atoms with Gasteiger partial charge in [-0.1, -0.05) is 48.5 Å². The molecule has 0 amide bonds. The Bertz CT molecular complexity index is 1200. The summed E-state index contributed by atoms with van der Waals surface area (Å²) in [6, 6.07) is 23.5. The maximum absolute atomic E-state index is 5.85. The maximum Gasteiger partial charge on any atom is 0.170 e. The third-order valence-electron chi connectivity index (χ3n) is 6.98. The fourth-order valence-corrected chi connectivity index (χ4v) is 5.39. The number of rotatable bonds is 4. The van der Waals surface area contributed by atoms with Crippen molar-refractivity contribution in [3.63, 3.8) is 0 Å². The summed E-state index contributed by atoms with van der Waals surface area (Å²) in [6.07, 6.45) is 4.21. The van der Waals surface area contributed by atoms with Gasteiger partial charge >= 0.3 is 0 Å². The first-order valence-electron chi connectivity index (χ1n) is 11.4. The molecule has 0 bridgehead atoms. The van der Waals surface area contributed by atoms with E-state index in [1.54, 1.807) is 0 Å². The molecular formula is C28H30N4S. The number of fused-ring (bicyclic) bond motifs is 1. The Kier molecular flexibility index (Phi) is 5.45. The highest BCUT2D eigenvalue weighted by Crippen LogP contribution is 2.44. The lowest BCUT2D eigenvalue weighted by Crippen LogP contribution is -2.42. The number of hydrogen-bond donors (Lipinski definition) is 1. The first kappa shape index (κ1) is 21.7. The molecule has 0 unspecified atom stereocenters. The zero-order valence-electron chi connectivity index (χ0n) is 19.6. The molecule has 3 heterocycles. The van der Waals surface area contributed by atoms with E-state index in [9.17, 15) is 0 Å². The smallest absolute Gasteiger partial charge is 0.170 e. The summed E-state index contributed by atoms with van der Waals surface area (Å²) in [7, 11) is 2.17. The van der Waals surface area contributed by atoms with E-state index in [0.29, 0.717) is 0 Å². The fraction of sp³-hybridized carbons (Fsp3) is 0.286. The molecule has 5 heteroatoms. The molecule has 5 rings (SSSR count). The Morgan fingerprint density at radius 3 is 2.52 bits per heavy atom. The Hall–Kier alpha value is -3.18. The first-order chi connectivity index (χ1) is 15.8. The number of pyridine rings is 1. The van der Waals surface area contributed by atoms with E-state index in [2.05, 4.69) is 109 Å². The standard InChI is InChI=1S/C28H30N4S/c1-19-17-28(2,3)31(4)24-14-13-21(16-22(19)24)26-25(23-12-8-9-15-29-23)30-27(33)32(26)18-20-10-6-5-7-11-20/h5-17,25-26H,18H2,1-4H3,(H,30,33)/t25-,26-/m1/s1. The van der Waals surface area contributed by atoms with Crippen LogP contribution in [0.4, 0.5) is 5.69 Å². The molecule has 0 saturated carbocycles. The first-order valence-corrected chi connectivity index (χ1v) is 11.9. The van der Waals surface area contributed by atoms with E-state index in [1.165, 1.54) is 28.0 Å². The van der Waals surface area contributed by atoms with Gasteiger partial charge in [0, 0.05) is 31.0 Å². The average molecular weight is 455 g/mol. The number of aromatic nitrogens is 1. The Balaban J connectivity index is 1.60. The third-order valence-corrected chi connectivity index (χ3v) is 7.33. The molecule has 33 heavy (non-hydrogen) atoms. The van der Waals surface area contributed by atoms with Crippen molar-refractivity contribution in [3.8, 4) is 0 Å². The number of nitrogens with one attached hydrogen (secondary N) is 1. The second kappa shape index (κ2) is 8.31. The highest BCUT2D eigenvalue weighted by atomic mass is 32.1. The quantitative estimate of drug-likeness (QED) is 0.497. The Labute approximate surface area is 202 Å². The van der Waals surface area contributed by atoms with Crippen molar-refractivity contribution in [2.24, 2.45) is 0 Å². The van der Waals surface area contributed by atoms with E-state index in [0.717, 1.165) is 17.4 Å². The van der Waals surface area contributed by atoms with Crippen molar-refractivity contribution < 1.29 is 0 Å². The molecule has 3 aromatic rings. The Morgan fingerprint density at radius 1 is 1.03 bits per heavy atom. The topological polar surface area (TPSA) is 31.4 Å². The summed E-state index contributed by atoms with van der Waals surface area (Å²) in [4.78, 5) is 9.34. The van der Waals surface area contributed by atoms with Crippen molar-refractivity contribution in [2.75, 3.05) is 11.9 Å². The number of likely N-dealkylation sites (N-methyl/N-ethyl adjacent to an activating group) is 1. The lowest BCUT2D eigenvalue weighted by molar-refractivity contribution is 0.311. The third kappa shape index (κ3) is 3.91. The zero-order valence-corrected chi connectivity index (χ0v) is 20.4. The van der Waals surface area contributed by atoms with Crippen LogP contribution in [0, 0.1) is 0 Å². The van der Waals surface area contributed by atoms with Crippen LogP contribution in [0.15, 0.2) is 79.0 Å². The second-order valence-electron chi connectivity index (χ2n) is 9.56. The van der Waals surface area contributed by atoms with Crippen LogP contribution in [-0.4, -0.2) is 27.6 Å². The van der Waals surface area contributed by atoms with Crippen LogP contribution in [-0.2, 0) is 6.54 Å². The van der Waals surface area contributed by atoms with Crippen LogP contribution >= 0.6 is 12.2 Å². The monoisotopic (exact) mass is 454 g/mol. The number of benzene rings is 2. The predicted octanol–water partition coefficient (Wildman–Crippen LogP) is 5.89. The number of allylic oxidation sites excluding steroid dienone is 1. The molecule has 1 N–H and O–H groups in total. The largest absolute Gasteiger partial charge is 0.366 e. The van der Waals surface area contributed by atoms with Gasteiger partial charge < -0.3 is 15.1 Å². The van der Waals surface area contributed by atoms with Crippen molar-refractivity contribution in [2.45, 2.75) is 44.9 Å². The molecule has 0 aliphatic carbocycles. The molecule has 2 atom stereocenters. The van der Waals surface area contributed by atoms with Crippen LogP contribution in [0.2, 0.25) is 0 Å². The molecule has 1 saturated heterocycles. The molecule has 2 aromatic carbocycles. The van der Waals surface area contributed by atoms with Crippen LogP contribution in [0.5, 0.6) is 0 Å². The van der Waals surface area contributed by atoms with Gasteiger partial charge in [0.25, 0.3) is 0 Å². The van der Waals surface area contributed by atoms with Crippen molar-refractivity contribution in [1.82, 2.24) is 15.2 Å². The summed E-state index contributed by atoms with van der Waals surface area (Å²) in [5.41, 5.74) is 7.34. The SMILES string of the molecule is CC1=CC(C)(C)N(C)c2ccc([C@@H]3[C@@H](c4ccccn4)NC(=S)N3Cc3ccccc3)cc21. The number of anilines is 1. The minimum absolute atomic E-state index is 0.00901. The minimum Gasteiger partial charge on any atom is -0.366 e. The molecule has 2 aliphatic heterocycles. The molecule has 0 spiro atoms. The van der Waals surface area contributed by atoms with Gasteiger partial charge in [0.1, 0.15) is 0 Å². The van der Waals surface area contributed by atoms with Gasteiger partial charge in [0.15, 0.2) is 5.11 Å². The molecule has 0 radical (unpaired) electrons. The minimum atomic E-state index is -0.0116. The number of hydrogen-bond acceptors (Lipinski definition) is 3. The van der Waals surface area contributed by atoms with Gasteiger partial charge in [0.05, 0.1) is 23.3 Å². The fourth-order valence-electron chi connectivity index (χ4n) is 5.08. The van der Waals surface area contributed by atoms with Gasteiger partial charge in [-0.2, -0.15) is 0 Å². The van der Waals surface area contributed by atoms with E-state index in [1.807, 2.05) is 18.3 Å². The molecule has 4 nitrogen and oxygen atoms in total. The van der Waals surface area contributed by atoms with Crippen LogP contribution in [0.3, 0.4) is 0 Å². The highest BCUT2D eigenvalue weighted by molar-refractivity contribution is 7.80. The summed E-state index contributed by atoms with van der Waals surface area (Å²) in [6.45, 7) is 7.48. The van der Waals surface area contributed by atoms with E-state index >= 15 is 0 Å². The maximum atomic E-state index is 5.85. The van der Waals surface area contributed by atoms with Crippen LogP contribution in [0.1, 0.15) is 55.2 Å². The number of nitrogens with zero attached hydrogens (tertiary/aromatic N) is 3. The summed E-state index contributed by atoms with van der Waals surface area (Å²) >= 11 is 5.85. The highest BCUT2D eigenvalue weighted by Gasteiger charge is 2.40. The lowest BCUT2D eigenvalue weighted by atomic mass is 9.86. The normalized spacial score (nSPS) is 21.5. The molecule has 168 valence electrons. The van der Waals surface area contributed by atoms with Crippen LogP contribution < -0.4 is 10.2 Å². The number of thiocarbonyl (C=S) groups is 1. The second-order valence-corrected chi connectivity index (χ2v) is 9.94. The van der Waals surface area contributed by atoms with Crippen molar-refractivity contribution in [1.29, 1.82) is 0 Å². The van der Waals surface area contributed by atoms with Gasteiger partial charge in [-0.15, -0.1) is 0 Å². The Morgan fingerprint density at radius 2 is 1.79 bits per heavy atom. The van der Waals surface area contributed by atoms with E-state index in [-0.39, 0.29) is 17.6 Å². The molecule has 1 fully saturated rings. The lowest BCUT2D eigenvalue weighted by Gasteiger charge is -2.41. The van der Waals surface area contributed by atoms with Crippen LogP contribution in [0.25, 0.3) is 5.57 Å². The van der Waals surface area contributed by atoms with Gasteiger partial charge in [-0.05, 0) is 74.0 Å². The van der Waals surface area contributed by atoms with Gasteiger partial charge in [0.2, 0.25) is 0 Å². The summed E-state index contributed by atoms with van der Waals surface area (Å²) in [5, 5.41) is 4.34. The van der Waals surface area contributed by atoms with Gasteiger partial charge in [-0.25, -0.2) is 0 Å². The summed E-state index contributed by atoms with van der Waals surface area (Å²) in [5.74, 6) is 0. The van der Waals surface area contributed by atoms with Gasteiger partial charge in [-0.3, -0.25) is 4.98 Å². The predicted molar refractivity (Wildman–Crippen MR) is 140 cm³/mol. The van der Waals surface area contributed by atoms with E-state index in [4.69, 9.17) is 12.2 Å². The van der Waals surface area contributed by atoms with E-state index < -0.39 is 0 Å². The molecule has 2 aliphatic rings. The molecule has 1 aromatic heterocycles. The zero-order chi connectivity index (χ0) is 23.2. The van der Waals surface area contributed by atoms with Crippen molar-refractivity contribution >= 4 is 28.6 Å². The average Bonchev–Trinajstić information content (AvgIpc) is 3.14. The summed E-state index contributed by atoms with van der Waals surface area (Å²) < 4.78 is 0. The molecular weight excluding hydrogens is 424 g/mol.